The van der Waals surface area contributed by atoms with Crippen LogP contribution < -0.4 is 5.32 Å². The van der Waals surface area contributed by atoms with E-state index in [1.807, 2.05) is 25.1 Å². The molecule has 0 spiro atoms. The summed E-state index contributed by atoms with van der Waals surface area (Å²) in [5.74, 6) is 6.61. The normalized spacial score (nSPS) is 24.1. The summed E-state index contributed by atoms with van der Waals surface area (Å²) in [5, 5.41) is 23.4. The van der Waals surface area contributed by atoms with Crippen LogP contribution in [0.15, 0.2) is 18.2 Å². The van der Waals surface area contributed by atoms with Crippen LogP contribution in [0.2, 0.25) is 5.15 Å². The molecule has 3 rings (SSSR count). The van der Waals surface area contributed by atoms with E-state index in [-0.39, 0.29) is 6.04 Å². The molecular formula is C16H16ClN3O. The van der Waals surface area contributed by atoms with E-state index in [9.17, 15) is 5.11 Å². The van der Waals surface area contributed by atoms with Crippen molar-refractivity contribution in [2.45, 2.75) is 38.3 Å². The number of halogens is 1. The zero-order chi connectivity index (χ0) is 15.0. The molecule has 0 radical (unpaired) electrons. The van der Waals surface area contributed by atoms with Crippen molar-refractivity contribution in [2.75, 3.05) is 5.32 Å². The Labute approximate surface area is 128 Å². The lowest BCUT2D eigenvalue weighted by molar-refractivity contribution is -0.0235. The van der Waals surface area contributed by atoms with Crippen LogP contribution in [0, 0.1) is 11.8 Å². The van der Waals surface area contributed by atoms with Crippen molar-refractivity contribution in [1.82, 2.24) is 10.2 Å². The molecule has 1 aromatic carbocycles. The Morgan fingerprint density at radius 2 is 2.10 bits per heavy atom. The van der Waals surface area contributed by atoms with Crippen LogP contribution >= 0.6 is 11.6 Å². The summed E-state index contributed by atoms with van der Waals surface area (Å²) in [7, 11) is 0. The minimum atomic E-state index is -0.577. The molecular weight excluding hydrogens is 286 g/mol. The lowest BCUT2D eigenvalue weighted by Crippen LogP contribution is -2.48. The Morgan fingerprint density at radius 1 is 1.33 bits per heavy atom. The van der Waals surface area contributed by atoms with E-state index in [2.05, 4.69) is 27.4 Å². The molecule has 1 aliphatic rings. The SMILES string of the molecule is CC#Cc1ccc2c(Cl)nnc(NC3CC(C)(O)C3)c2c1. The number of hydrogen-bond acceptors (Lipinski definition) is 4. The predicted octanol–water partition coefficient (Wildman–Crippen LogP) is 2.98. The molecule has 0 amide bonds. The molecule has 2 aromatic rings. The van der Waals surface area contributed by atoms with Crippen molar-refractivity contribution in [3.63, 3.8) is 0 Å². The fraction of sp³-hybridized carbons (Fsp3) is 0.375. The molecule has 5 heteroatoms. The molecule has 1 heterocycles. The lowest BCUT2D eigenvalue weighted by atomic mass is 9.77. The number of hydrogen-bond donors (Lipinski definition) is 2. The number of aromatic nitrogens is 2. The molecule has 0 saturated heterocycles. The smallest absolute Gasteiger partial charge is 0.159 e. The number of rotatable bonds is 2. The Kier molecular flexibility index (Phi) is 3.48. The first kappa shape index (κ1) is 14.1. The average Bonchev–Trinajstić information content (AvgIpc) is 2.40. The number of fused-ring (bicyclic) bond motifs is 1. The monoisotopic (exact) mass is 301 g/mol. The number of nitrogens with one attached hydrogen (secondary N) is 1. The third-order valence-electron chi connectivity index (χ3n) is 3.72. The maximum atomic E-state index is 9.82. The van der Waals surface area contributed by atoms with Gasteiger partial charge in [-0.2, -0.15) is 0 Å². The fourth-order valence-corrected chi connectivity index (χ4v) is 2.95. The van der Waals surface area contributed by atoms with Gasteiger partial charge < -0.3 is 10.4 Å². The van der Waals surface area contributed by atoms with Gasteiger partial charge >= 0.3 is 0 Å². The molecule has 0 atom stereocenters. The third-order valence-corrected chi connectivity index (χ3v) is 4.00. The lowest BCUT2D eigenvalue weighted by Gasteiger charge is -2.41. The molecule has 1 saturated carbocycles. The van der Waals surface area contributed by atoms with Gasteiger partial charge in [0.2, 0.25) is 0 Å². The topological polar surface area (TPSA) is 58.0 Å². The summed E-state index contributed by atoms with van der Waals surface area (Å²) in [6.45, 7) is 3.64. The van der Waals surface area contributed by atoms with Crippen LogP contribution in [0.1, 0.15) is 32.3 Å². The molecule has 2 N–H and O–H groups in total. The highest BCUT2D eigenvalue weighted by atomic mass is 35.5. The van der Waals surface area contributed by atoms with Crippen LogP contribution in [0.25, 0.3) is 10.8 Å². The van der Waals surface area contributed by atoms with Gasteiger partial charge in [-0.15, -0.1) is 16.1 Å². The number of benzene rings is 1. The van der Waals surface area contributed by atoms with Gasteiger partial charge in [0.25, 0.3) is 0 Å². The van der Waals surface area contributed by atoms with Gasteiger partial charge in [0.05, 0.1) is 5.60 Å². The molecule has 0 aliphatic heterocycles. The summed E-state index contributed by atoms with van der Waals surface area (Å²) < 4.78 is 0. The van der Waals surface area contributed by atoms with E-state index in [1.54, 1.807) is 6.92 Å². The maximum absolute atomic E-state index is 9.82. The van der Waals surface area contributed by atoms with E-state index >= 15 is 0 Å². The van der Waals surface area contributed by atoms with Crippen molar-refractivity contribution in [1.29, 1.82) is 0 Å². The van der Waals surface area contributed by atoms with E-state index in [0.717, 1.165) is 16.3 Å². The summed E-state index contributed by atoms with van der Waals surface area (Å²) in [5.41, 5.74) is 0.337. The summed E-state index contributed by atoms with van der Waals surface area (Å²) >= 11 is 6.11. The molecule has 1 fully saturated rings. The van der Waals surface area contributed by atoms with E-state index in [1.165, 1.54) is 0 Å². The van der Waals surface area contributed by atoms with Crippen molar-refractivity contribution in [2.24, 2.45) is 0 Å². The second-order valence-corrected chi connectivity index (χ2v) is 6.08. The molecule has 0 bridgehead atoms. The molecule has 108 valence electrons. The minimum absolute atomic E-state index is 0.208. The van der Waals surface area contributed by atoms with Gasteiger partial charge in [-0.1, -0.05) is 17.5 Å². The number of aliphatic hydroxyl groups is 1. The van der Waals surface area contributed by atoms with Gasteiger partial charge in [-0.25, -0.2) is 0 Å². The van der Waals surface area contributed by atoms with Crippen LogP contribution in [-0.2, 0) is 0 Å². The average molecular weight is 302 g/mol. The van der Waals surface area contributed by atoms with Gasteiger partial charge in [0.15, 0.2) is 11.0 Å². The van der Waals surface area contributed by atoms with Crippen molar-refractivity contribution in [3.8, 4) is 11.8 Å². The highest BCUT2D eigenvalue weighted by Gasteiger charge is 2.38. The van der Waals surface area contributed by atoms with E-state index < -0.39 is 5.60 Å². The molecule has 1 aromatic heterocycles. The van der Waals surface area contributed by atoms with Gasteiger partial charge in [0, 0.05) is 22.4 Å². The predicted molar refractivity (Wildman–Crippen MR) is 84.4 cm³/mol. The van der Waals surface area contributed by atoms with Crippen LogP contribution in [0.4, 0.5) is 5.82 Å². The zero-order valence-corrected chi connectivity index (χ0v) is 12.7. The fourth-order valence-electron chi connectivity index (χ4n) is 2.75. The van der Waals surface area contributed by atoms with Crippen molar-refractivity contribution in [3.05, 3.63) is 28.9 Å². The second kappa shape index (κ2) is 5.18. The van der Waals surface area contributed by atoms with Crippen molar-refractivity contribution < 1.29 is 5.11 Å². The number of anilines is 1. The Bertz CT molecular complexity index is 753. The molecule has 4 nitrogen and oxygen atoms in total. The van der Waals surface area contributed by atoms with Crippen LogP contribution in [-0.4, -0.2) is 26.9 Å². The Balaban J connectivity index is 1.99. The first-order chi connectivity index (χ1) is 9.98. The quantitative estimate of drug-likeness (QED) is 0.837. The summed E-state index contributed by atoms with van der Waals surface area (Å²) in [6, 6.07) is 6.00. The Hall–Kier alpha value is -1.83. The Morgan fingerprint density at radius 3 is 2.76 bits per heavy atom. The van der Waals surface area contributed by atoms with Gasteiger partial charge in [-0.05, 0) is 44.9 Å². The molecule has 1 aliphatic carbocycles. The van der Waals surface area contributed by atoms with E-state index in [4.69, 9.17) is 11.6 Å². The first-order valence-corrected chi connectivity index (χ1v) is 7.24. The first-order valence-electron chi connectivity index (χ1n) is 6.86. The number of nitrogens with zero attached hydrogens (tertiary/aromatic N) is 2. The summed E-state index contributed by atoms with van der Waals surface area (Å²) in [4.78, 5) is 0. The zero-order valence-electron chi connectivity index (χ0n) is 11.9. The van der Waals surface area contributed by atoms with Gasteiger partial charge in [-0.3, -0.25) is 0 Å². The maximum Gasteiger partial charge on any atom is 0.159 e. The highest BCUT2D eigenvalue weighted by Crippen LogP contribution is 2.35. The second-order valence-electron chi connectivity index (χ2n) is 5.72. The standard InChI is InChI=1S/C16H16ClN3O/c1-3-4-10-5-6-12-13(7-10)15(20-19-14(12)17)18-11-8-16(2,21)9-11/h5-7,11,21H,8-9H2,1-2H3,(H,18,20). The largest absolute Gasteiger partial charge is 0.390 e. The van der Waals surface area contributed by atoms with Crippen molar-refractivity contribution >= 4 is 28.2 Å². The van der Waals surface area contributed by atoms with Gasteiger partial charge in [0.1, 0.15) is 0 Å². The summed E-state index contributed by atoms with van der Waals surface area (Å²) in [6.07, 6.45) is 1.40. The third kappa shape index (κ3) is 2.80. The van der Waals surface area contributed by atoms with E-state index in [0.29, 0.717) is 23.8 Å². The van der Waals surface area contributed by atoms with Crippen LogP contribution in [0.3, 0.4) is 0 Å². The molecule has 21 heavy (non-hydrogen) atoms. The molecule has 0 unspecified atom stereocenters. The van der Waals surface area contributed by atoms with Crippen LogP contribution in [0.5, 0.6) is 0 Å². The highest BCUT2D eigenvalue weighted by molar-refractivity contribution is 6.34. The minimum Gasteiger partial charge on any atom is -0.390 e.